The topological polar surface area (TPSA) is 68.4 Å². The lowest BCUT2D eigenvalue weighted by molar-refractivity contribution is -0.121. The van der Waals surface area contributed by atoms with E-state index in [1.807, 2.05) is 34.9 Å². The van der Waals surface area contributed by atoms with Crippen LogP contribution in [0.25, 0.3) is 16.7 Å². The van der Waals surface area contributed by atoms with Crippen LogP contribution in [0.1, 0.15) is 24.0 Å². The molecule has 0 fully saturated rings. The van der Waals surface area contributed by atoms with Crippen LogP contribution in [0.2, 0.25) is 0 Å². The first-order chi connectivity index (χ1) is 14.1. The van der Waals surface area contributed by atoms with E-state index in [1.165, 1.54) is 11.1 Å². The van der Waals surface area contributed by atoms with Crippen molar-refractivity contribution in [2.45, 2.75) is 32.7 Å². The Morgan fingerprint density at radius 3 is 2.69 bits per heavy atom. The highest BCUT2D eigenvalue weighted by Gasteiger charge is 2.11. The van der Waals surface area contributed by atoms with Gasteiger partial charge in [-0.2, -0.15) is 0 Å². The molecule has 6 heteroatoms. The molecule has 1 amide bonds. The van der Waals surface area contributed by atoms with Gasteiger partial charge in [0, 0.05) is 31.9 Å². The van der Waals surface area contributed by atoms with Gasteiger partial charge in [0.1, 0.15) is 5.52 Å². The van der Waals surface area contributed by atoms with Crippen LogP contribution in [0.4, 0.5) is 0 Å². The van der Waals surface area contributed by atoms with E-state index in [4.69, 9.17) is 0 Å². The lowest BCUT2D eigenvalue weighted by atomic mass is 10.1. The van der Waals surface area contributed by atoms with Crippen LogP contribution in [0.5, 0.6) is 0 Å². The molecule has 148 valence electrons. The van der Waals surface area contributed by atoms with Crippen LogP contribution >= 0.6 is 0 Å². The van der Waals surface area contributed by atoms with E-state index in [-0.39, 0.29) is 11.5 Å². The molecular weight excluding hydrogens is 364 g/mol. The molecule has 29 heavy (non-hydrogen) atoms. The molecule has 1 N–H and O–H groups in total. The predicted molar refractivity (Wildman–Crippen MR) is 114 cm³/mol. The van der Waals surface area contributed by atoms with Crippen molar-refractivity contribution in [1.82, 2.24) is 19.3 Å². The minimum Gasteiger partial charge on any atom is -0.356 e. The molecule has 4 rings (SSSR count). The maximum Gasteiger partial charge on any atom is 0.276 e. The Hall–Kier alpha value is -3.41. The zero-order valence-corrected chi connectivity index (χ0v) is 16.5. The molecule has 3 aromatic heterocycles. The van der Waals surface area contributed by atoms with Crippen molar-refractivity contribution in [3.63, 3.8) is 0 Å². The van der Waals surface area contributed by atoms with Gasteiger partial charge in [-0.3, -0.25) is 14.2 Å². The number of nitrogens with zero attached hydrogens (tertiary/aromatic N) is 3. The second kappa shape index (κ2) is 8.31. The normalized spacial score (nSPS) is 11.2. The Bertz CT molecular complexity index is 1210. The maximum absolute atomic E-state index is 12.8. The first-order valence-corrected chi connectivity index (χ1v) is 9.90. The zero-order valence-electron chi connectivity index (χ0n) is 16.5. The SMILES string of the molecule is Cc1ccc(CCNC(=O)CCCn2c(=O)c3cccn3c3cccnc32)cc1. The number of carbonyl (C=O) groups is 1. The van der Waals surface area contributed by atoms with Crippen LogP contribution in [-0.4, -0.2) is 26.4 Å². The number of aromatic nitrogens is 3. The fourth-order valence-corrected chi connectivity index (χ4v) is 3.58. The van der Waals surface area contributed by atoms with Crippen molar-refractivity contribution >= 4 is 22.6 Å². The number of rotatable bonds is 7. The third-order valence-electron chi connectivity index (χ3n) is 5.14. The Morgan fingerprint density at radius 1 is 1.07 bits per heavy atom. The average molecular weight is 388 g/mol. The second-order valence-corrected chi connectivity index (χ2v) is 7.26. The molecule has 1 aromatic carbocycles. The van der Waals surface area contributed by atoms with Gasteiger partial charge >= 0.3 is 0 Å². The summed E-state index contributed by atoms with van der Waals surface area (Å²) in [7, 11) is 0. The van der Waals surface area contributed by atoms with Gasteiger partial charge in [0.2, 0.25) is 5.91 Å². The third-order valence-corrected chi connectivity index (χ3v) is 5.14. The smallest absolute Gasteiger partial charge is 0.276 e. The Kier molecular flexibility index (Phi) is 5.42. The van der Waals surface area contributed by atoms with Gasteiger partial charge in [0.25, 0.3) is 5.56 Å². The Balaban J connectivity index is 1.37. The number of amides is 1. The molecule has 0 saturated heterocycles. The molecule has 0 aliphatic rings. The van der Waals surface area contributed by atoms with E-state index in [2.05, 4.69) is 41.5 Å². The average Bonchev–Trinajstić information content (AvgIpc) is 3.22. The lowest BCUT2D eigenvalue weighted by Gasteiger charge is -2.11. The van der Waals surface area contributed by atoms with Crippen LogP contribution in [-0.2, 0) is 17.8 Å². The van der Waals surface area contributed by atoms with E-state index in [1.54, 1.807) is 10.8 Å². The van der Waals surface area contributed by atoms with E-state index in [0.717, 1.165) is 11.9 Å². The van der Waals surface area contributed by atoms with E-state index in [0.29, 0.717) is 37.1 Å². The number of carbonyl (C=O) groups excluding carboxylic acids is 1. The standard InChI is InChI=1S/C23H24N4O2/c1-17-8-10-18(11-9-17)12-14-24-21(28)7-4-16-27-22-19(5-2-13-25-22)26-15-3-6-20(26)23(27)29/h2-3,5-6,8-11,13,15H,4,7,12,14,16H2,1H3,(H,24,28). The molecule has 4 aromatic rings. The monoisotopic (exact) mass is 388 g/mol. The molecule has 0 aliphatic carbocycles. The summed E-state index contributed by atoms with van der Waals surface area (Å²) in [5.74, 6) is 0.00573. The Morgan fingerprint density at radius 2 is 1.86 bits per heavy atom. The molecule has 0 aliphatic heterocycles. The van der Waals surface area contributed by atoms with Crippen molar-refractivity contribution < 1.29 is 4.79 Å². The van der Waals surface area contributed by atoms with Crippen LogP contribution in [0.15, 0.2) is 65.7 Å². The molecule has 6 nitrogen and oxygen atoms in total. The van der Waals surface area contributed by atoms with Crippen LogP contribution in [0.3, 0.4) is 0 Å². The highest BCUT2D eigenvalue weighted by molar-refractivity contribution is 5.76. The van der Waals surface area contributed by atoms with Crippen molar-refractivity contribution in [3.8, 4) is 0 Å². The van der Waals surface area contributed by atoms with Crippen molar-refractivity contribution in [2.24, 2.45) is 0 Å². The molecule has 0 unspecified atom stereocenters. The van der Waals surface area contributed by atoms with Crippen molar-refractivity contribution in [1.29, 1.82) is 0 Å². The van der Waals surface area contributed by atoms with Crippen molar-refractivity contribution in [3.05, 3.63) is 82.4 Å². The van der Waals surface area contributed by atoms with Crippen LogP contribution < -0.4 is 10.9 Å². The summed E-state index contributed by atoms with van der Waals surface area (Å²) < 4.78 is 3.53. The summed E-state index contributed by atoms with van der Waals surface area (Å²) in [6, 6.07) is 15.8. The van der Waals surface area contributed by atoms with E-state index in [9.17, 15) is 9.59 Å². The van der Waals surface area contributed by atoms with Gasteiger partial charge in [-0.15, -0.1) is 0 Å². The number of aryl methyl sites for hydroxylation is 2. The maximum atomic E-state index is 12.8. The third kappa shape index (κ3) is 4.06. The summed E-state index contributed by atoms with van der Waals surface area (Å²) in [5.41, 5.74) is 4.50. The van der Waals surface area contributed by atoms with Crippen molar-refractivity contribution in [2.75, 3.05) is 6.54 Å². The minimum absolute atomic E-state index is 0.00573. The predicted octanol–water partition coefficient (Wildman–Crippen LogP) is 3.10. The summed E-state index contributed by atoms with van der Waals surface area (Å²) in [6.07, 6.45) is 5.32. The zero-order chi connectivity index (χ0) is 20.2. The molecule has 0 bridgehead atoms. The molecule has 3 heterocycles. The van der Waals surface area contributed by atoms with E-state index < -0.39 is 0 Å². The summed E-state index contributed by atoms with van der Waals surface area (Å²) in [5, 5.41) is 2.96. The Labute approximate surface area is 168 Å². The summed E-state index contributed by atoms with van der Waals surface area (Å²) in [6.45, 7) is 3.13. The number of nitrogens with one attached hydrogen (secondary N) is 1. The molecule has 0 saturated carbocycles. The number of benzene rings is 1. The lowest BCUT2D eigenvalue weighted by Crippen LogP contribution is -2.27. The summed E-state index contributed by atoms with van der Waals surface area (Å²) in [4.78, 5) is 29.4. The van der Waals surface area contributed by atoms with Gasteiger partial charge in [-0.25, -0.2) is 4.98 Å². The summed E-state index contributed by atoms with van der Waals surface area (Å²) >= 11 is 0. The highest BCUT2D eigenvalue weighted by Crippen LogP contribution is 2.13. The van der Waals surface area contributed by atoms with Gasteiger partial charge < -0.3 is 9.72 Å². The van der Waals surface area contributed by atoms with Crippen LogP contribution in [0, 0.1) is 6.92 Å². The van der Waals surface area contributed by atoms with Gasteiger partial charge in [-0.1, -0.05) is 29.8 Å². The van der Waals surface area contributed by atoms with E-state index >= 15 is 0 Å². The quantitative estimate of drug-likeness (QED) is 0.529. The van der Waals surface area contributed by atoms with Gasteiger partial charge in [0.15, 0.2) is 5.65 Å². The fourth-order valence-electron chi connectivity index (χ4n) is 3.58. The number of hydrogen-bond donors (Lipinski definition) is 1. The highest BCUT2D eigenvalue weighted by atomic mass is 16.1. The number of fused-ring (bicyclic) bond motifs is 3. The number of hydrogen-bond acceptors (Lipinski definition) is 3. The molecule has 0 atom stereocenters. The minimum atomic E-state index is -0.0824. The second-order valence-electron chi connectivity index (χ2n) is 7.26. The largest absolute Gasteiger partial charge is 0.356 e. The van der Waals surface area contributed by atoms with Gasteiger partial charge in [0.05, 0.1) is 5.52 Å². The number of pyridine rings is 1. The fraction of sp³-hybridized carbons (Fsp3) is 0.261. The first-order valence-electron chi connectivity index (χ1n) is 9.90. The molecule has 0 spiro atoms. The molecular formula is C23H24N4O2. The first kappa shape index (κ1) is 18.9. The molecule has 0 radical (unpaired) electrons. The van der Waals surface area contributed by atoms with Gasteiger partial charge in [-0.05, 0) is 49.6 Å².